The lowest BCUT2D eigenvalue weighted by atomic mass is 10.1. The maximum absolute atomic E-state index is 12.8. The van der Waals surface area contributed by atoms with Gasteiger partial charge in [0.15, 0.2) is 0 Å². The van der Waals surface area contributed by atoms with Crippen LogP contribution in [-0.4, -0.2) is 18.2 Å². The Balaban J connectivity index is 2.38. The Kier molecular flexibility index (Phi) is 3.17. The van der Waals surface area contributed by atoms with Gasteiger partial charge >= 0.3 is 6.18 Å². The van der Waals surface area contributed by atoms with E-state index < -0.39 is 11.7 Å². The van der Waals surface area contributed by atoms with Crippen molar-refractivity contribution in [2.45, 2.75) is 25.4 Å². The number of nitrogens with zero attached hydrogens (tertiary/aromatic N) is 1. The van der Waals surface area contributed by atoms with Crippen LogP contribution in [0.15, 0.2) is 18.2 Å². The van der Waals surface area contributed by atoms with Gasteiger partial charge in [0.05, 0.1) is 5.56 Å². The molecule has 0 bridgehead atoms. The number of piperidine rings is 1. The molecule has 1 aromatic carbocycles. The second-order valence-electron chi connectivity index (χ2n) is 4.25. The molecule has 0 aromatic heterocycles. The zero-order valence-corrected chi connectivity index (χ0v) is 9.30. The maximum Gasteiger partial charge on any atom is 0.418 e. The fourth-order valence-electron chi connectivity index (χ4n) is 2.16. The maximum atomic E-state index is 12.8. The van der Waals surface area contributed by atoms with Crippen LogP contribution in [0.2, 0.25) is 0 Å². The van der Waals surface area contributed by atoms with Crippen molar-refractivity contribution < 1.29 is 18.3 Å². The van der Waals surface area contributed by atoms with Gasteiger partial charge in [0, 0.05) is 18.8 Å². The summed E-state index contributed by atoms with van der Waals surface area (Å²) in [6.45, 7) is 1.29. The highest BCUT2D eigenvalue weighted by Crippen LogP contribution is 2.39. The summed E-state index contributed by atoms with van der Waals surface area (Å²) >= 11 is 0. The SMILES string of the molecule is Oc1ccc(N2CCCCC2)c(C(F)(F)F)c1. The Labute approximate surface area is 97.7 Å². The van der Waals surface area contributed by atoms with Gasteiger partial charge in [-0.15, -0.1) is 0 Å². The Bertz CT molecular complexity index is 397. The van der Waals surface area contributed by atoms with E-state index in [1.165, 1.54) is 12.1 Å². The molecule has 1 aliphatic rings. The first kappa shape index (κ1) is 12.1. The molecule has 1 aromatic rings. The first-order valence-electron chi connectivity index (χ1n) is 5.63. The van der Waals surface area contributed by atoms with Gasteiger partial charge in [-0.25, -0.2) is 0 Å². The van der Waals surface area contributed by atoms with Crippen LogP contribution in [0.4, 0.5) is 18.9 Å². The van der Waals surface area contributed by atoms with E-state index in [1.54, 1.807) is 4.90 Å². The van der Waals surface area contributed by atoms with E-state index in [4.69, 9.17) is 0 Å². The molecule has 1 heterocycles. The highest BCUT2D eigenvalue weighted by atomic mass is 19.4. The zero-order valence-electron chi connectivity index (χ0n) is 9.30. The van der Waals surface area contributed by atoms with E-state index in [-0.39, 0.29) is 11.4 Å². The number of anilines is 1. The van der Waals surface area contributed by atoms with Crippen molar-refractivity contribution in [3.63, 3.8) is 0 Å². The van der Waals surface area contributed by atoms with Crippen molar-refractivity contribution in [2.75, 3.05) is 18.0 Å². The van der Waals surface area contributed by atoms with E-state index in [9.17, 15) is 18.3 Å². The second kappa shape index (κ2) is 4.47. The average molecular weight is 245 g/mol. The number of hydrogen-bond donors (Lipinski definition) is 1. The number of benzene rings is 1. The Morgan fingerprint density at radius 3 is 2.29 bits per heavy atom. The number of aromatic hydroxyl groups is 1. The summed E-state index contributed by atoms with van der Waals surface area (Å²) in [5.41, 5.74) is -0.575. The molecule has 0 amide bonds. The Morgan fingerprint density at radius 1 is 1.06 bits per heavy atom. The van der Waals surface area contributed by atoms with E-state index in [2.05, 4.69) is 0 Å². The molecule has 1 aliphatic heterocycles. The number of hydrogen-bond acceptors (Lipinski definition) is 2. The molecule has 94 valence electrons. The third-order valence-electron chi connectivity index (χ3n) is 2.98. The fourth-order valence-corrected chi connectivity index (χ4v) is 2.16. The lowest BCUT2D eigenvalue weighted by molar-refractivity contribution is -0.137. The quantitative estimate of drug-likeness (QED) is 0.819. The van der Waals surface area contributed by atoms with E-state index in [0.717, 1.165) is 25.3 Å². The highest BCUT2D eigenvalue weighted by Gasteiger charge is 2.35. The molecular weight excluding hydrogens is 231 g/mol. The van der Waals surface area contributed by atoms with Crippen LogP contribution in [0, 0.1) is 0 Å². The molecule has 0 unspecified atom stereocenters. The minimum atomic E-state index is -4.43. The van der Waals surface area contributed by atoms with Crippen molar-refractivity contribution in [3.8, 4) is 5.75 Å². The first-order valence-corrected chi connectivity index (χ1v) is 5.63. The van der Waals surface area contributed by atoms with Gasteiger partial charge in [0.1, 0.15) is 5.75 Å². The number of alkyl halides is 3. The Morgan fingerprint density at radius 2 is 1.71 bits per heavy atom. The number of rotatable bonds is 1. The summed E-state index contributed by atoms with van der Waals surface area (Å²) in [7, 11) is 0. The average Bonchev–Trinajstić information content (AvgIpc) is 2.29. The predicted octanol–water partition coefficient (Wildman–Crippen LogP) is 3.40. The van der Waals surface area contributed by atoms with Crippen molar-refractivity contribution in [2.24, 2.45) is 0 Å². The Hall–Kier alpha value is -1.39. The molecule has 2 nitrogen and oxygen atoms in total. The number of phenolic OH excluding ortho intramolecular Hbond substituents is 1. The summed E-state index contributed by atoms with van der Waals surface area (Å²) in [6, 6.07) is 3.45. The summed E-state index contributed by atoms with van der Waals surface area (Å²) in [4.78, 5) is 1.74. The van der Waals surface area contributed by atoms with E-state index in [0.29, 0.717) is 13.1 Å². The molecule has 0 saturated carbocycles. The number of halogens is 3. The van der Waals surface area contributed by atoms with Gasteiger partial charge in [0.2, 0.25) is 0 Å². The molecule has 0 radical (unpaired) electrons. The molecule has 1 N–H and O–H groups in total. The first-order chi connectivity index (χ1) is 7.98. The lowest BCUT2D eigenvalue weighted by Crippen LogP contribution is -2.31. The van der Waals surface area contributed by atoms with Gasteiger partial charge in [-0.05, 0) is 37.5 Å². The van der Waals surface area contributed by atoms with Gasteiger partial charge in [-0.3, -0.25) is 0 Å². The molecule has 0 spiro atoms. The largest absolute Gasteiger partial charge is 0.508 e. The van der Waals surface area contributed by atoms with Crippen molar-refractivity contribution in [1.82, 2.24) is 0 Å². The van der Waals surface area contributed by atoms with Crippen LogP contribution in [-0.2, 0) is 6.18 Å². The lowest BCUT2D eigenvalue weighted by Gasteiger charge is -2.31. The molecule has 0 aliphatic carbocycles. The number of phenols is 1. The minimum Gasteiger partial charge on any atom is -0.508 e. The summed E-state index contributed by atoms with van der Waals surface area (Å²) in [6.07, 6.45) is -1.53. The van der Waals surface area contributed by atoms with Crippen molar-refractivity contribution in [3.05, 3.63) is 23.8 Å². The van der Waals surface area contributed by atoms with Crippen LogP contribution < -0.4 is 4.90 Å². The zero-order chi connectivity index (χ0) is 12.5. The van der Waals surface area contributed by atoms with Crippen molar-refractivity contribution >= 4 is 5.69 Å². The van der Waals surface area contributed by atoms with E-state index in [1.807, 2.05) is 0 Å². The third kappa shape index (κ3) is 2.65. The third-order valence-corrected chi connectivity index (χ3v) is 2.98. The van der Waals surface area contributed by atoms with Crippen LogP contribution in [0.3, 0.4) is 0 Å². The summed E-state index contributed by atoms with van der Waals surface area (Å²) in [5, 5.41) is 9.18. The van der Waals surface area contributed by atoms with Gasteiger partial charge in [0.25, 0.3) is 0 Å². The summed E-state index contributed by atoms with van der Waals surface area (Å²) < 4.78 is 38.5. The van der Waals surface area contributed by atoms with E-state index >= 15 is 0 Å². The molecule has 0 atom stereocenters. The van der Waals surface area contributed by atoms with Crippen LogP contribution in [0.5, 0.6) is 5.75 Å². The standard InChI is InChI=1S/C12H14F3NO/c13-12(14,15)10-8-9(17)4-5-11(10)16-6-2-1-3-7-16/h4-5,8,17H,1-3,6-7H2. The normalized spacial score (nSPS) is 17.2. The monoisotopic (exact) mass is 245 g/mol. The van der Waals surface area contributed by atoms with Gasteiger partial charge in [-0.1, -0.05) is 0 Å². The van der Waals surface area contributed by atoms with Gasteiger partial charge < -0.3 is 10.0 Å². The van der Waals surface area contributed by atoms with Crippen LogP contribution in [0.25, 0.3) is 0 Å². The molecule has 1 saturated heterocycles. The smallest absolute Gasteiger partial charge is 0.418 e. The van der Waals surface area contributed by atoms with Crippen LogP contribution in [0.1, 0.15) is 24.8 Å². The molecule has 17 heavy (non-hydrogen) atoms. The molecule has 1 fully saturated rings. The molecule has 2 rings (SSSR count). The fraction of sp³-hybridized carbons (Fsp3) is 0.500. The summed E-state index contributed by atoms with van der Waals surface area (Å²) in [5.74, 6) is -0.349. The molecule has 5 heteroatoms. The van der Waals surface area contributed by atoms with Crippen molar-refractivity contribution in [1.29, 1.82) is 0 Å². The molecular formula is C12H14F3NO. The minimum absolute atomic E-state index is 0.176. The van der Waals surface area contributed by atoms with Gasteiger partial charge in [-0.2, -0.15) is 13.2 Å². The second-order valence-corrected chi connectivity index (χ2v) is 4.25. The topological polar surface area (TPSA) is 23.5 Å². The highest BCUT2D eigenvalue weighted by molar-refractivity contribution is 5.57. The van der Waals surface area contributed by atoms with Crippen LogP contribution >= 0.6 is 0 Å². The predicted molar refractivity (Wildman–Crippen MR) is 59.2 cm³/mol.